The molecular formula is C33H56O3. The van der Waals surface area contributed by atoms with Gasteiger partial charge < -0.3 is 10.2 Å². The summed E-state index contributed by atoms with van der Waals surface area (Å²) in [5.41, 5.74) is -0.342. The summed E-state index contributed by atoms with van der Waals surface area (Å²) in [5, 5.41) is 22.6. The smallest absolute Gasteiger partial charge is 0.140 e. The predicted octanol–water partition coefficient (Wildman–Crippen LogP) is 7.28. The van der Waals surface area contributed by atoms with Crippen LogP contribution in [0.4, 0.5) is 0 Å². The molecule has 0 aromatic rings. The summed E-state index contributed by atoms with van der Waals surface area (Å²) >= 11 is 0. The van der Waals surface area contributed by atoms with Gasteiger partial charge in [0.25, 0.3) is 0 Å². The molecule has 206 valence electrons. The van der Waals surface area contributed by atoms with E-state index in [0.717, 1.165) is 18.8 Å². The lowest BCUT2D eigenvalue weighted by atomic mass is 9.34. The SMILES string of the molecule is CC(O)C1C(C)CC2(C)CC3(C)CC4CCC(CC5CCCCC5)C(C)C4C(=O)C3C(C)C2(C)C1O. The summed E-state index contributed by atoms with van der Waals surface area (Å²) in [4.78, 5) is 14.6. The third kappa shape index (κ3) is 3.90. The Kier molecular flexibility index (Phi) is 7.06. The van der Waals surface area contributed by atoms with Crippen LogP contribution < -0.4 is 0 Å². The normalized spacial score (nSPS) is 54.8. The monoisotopic (exact) mass is 500 g/mol. The number of hydrogen-bond donors (Lipinski definition) is 2. The lowest BCUT2D eigenvalue weighted by molar-refractivity contribution is -0.251. The van der Waals surface area contributed by atoms with E-state index in [1.54, 1.807) is 0 Å². The van der Waals surface area contributed by atoms with Gasteiger partial charge in [0.05, 0.1) is 12.2 Å². The van der Waals surface area contributed by atoms with Crippen molar-refractivity contribution < 1.29 is 15.0 Å². The maximum atomic E-state index is 14.6. The van der Waals surface area contributed by atoms with Gasteiger partial charge in [0.2, 0.25) is 0 Å². The second-order valence-corrected chi connectivity index (χ2v) is 15.7. The Balaban J connectivity index is 1.44. The maximum Gasteiger partial charge on any atom is 0.140 e. The third-order valence-corrected chi connectivity index (χ3v) is 13.7. The number of aliphatic hydroxyl groups excluding tert-OH is 2. The summed E-state index contributed by atoms with van der Waals surface area (Å²) in [6.45, 7) is 15.9. The highest BCUT2D eigenvalue weighted by molar-refractivity contribution is 5.86. The number of carbonyl (C=O) groups is 1. The summed E-state index contributed by atoms with van der Waals surface area (Å²) in [6.07, 6.45) is 13.1. The van der Waals surface area contributed by atoms with Crippen LogP contribution in [0.3, 0.4) is 0 Å². The number of carbonyl (C=O) groups excluding carboxylic acids is 1. The number of fused-ring (bicyclic) bond motifs is 3. The van der Waals surface area contributed by atoms with Gasteiger partial charge in [0.15, 0.2) is 0 Å². The molecule has 13 unspecified atom stereocenters. The molecule has 2 N–H and O–H groups in total. The first-order valence-corrected chi connectivity index (χ1v) is 15.7. The highest BCUT2D eigenvalue weighted by Gasteiger charge is 2.70. The molecule has 0 aliphatic heterocycles. The van der Waals surface area contributed by atoms with Gasteiger partial charge in [-0.15, -0.1) is 0 Å². The predicted molar refractivity (Wildman–Crippen MR) is 146 cm³/mol. The van der Waals surface area contributed by atoms with Gasteiger partial charge >= 0.3 is 0 Å². The van der Waals surface area contributed by atoms with Gasteiger partial charge in [-0.1, -0.05) is 73.6 Å². The van der Waals surface area contributed by atoms with Crippen molar-refractivity contribution in [1.82, 2.24) is 0 Å². The second-order valence-electron chi connectivity index (χ2n) is 15.7. The molecule has 36 heavy (non-hydrogen) atoms. The van der Waals surface area contributed by atoms with Crippen LogP contribution >= 0.6 is 0 Å². The van der Waals surface area contributed by atoms with E-state index in [-0.39, 0.29) is 45.8 Å². The van der Waals surface area contributed by atoms with Crippen molar-refractivity contribution in [3.63, 3.8) is 0 Å². The molecule has 0 spiro atoms. The number of hydrogen-bond acceptors (Lipinski definition) is 3. The molecule has 5 rings (SSSR count). The molecule has 0 saturated heterocycles. The van der Waals surface area contributed by atoms with E-state index in [1.165, 1.54) is 57.8 Å². The molecule has 5 fully saturated rings. The summed E-state index contributed by atoms with van der Waals surface area (Å²) in [5.74, 6) is 3.74. The molecule has 0 bridgehead atoms. The van der Waals surface area contributed by atoms with E-state index in [2.05, 4.69) is 41.5 Å². The van der Waals surface area contributed by atoms with E-state index < -0.39 is 12.2 Å². The van der Waals surface area contributed by atoms with Crippen molar-refractivity contribution in [2.45, 2.75) is 131 Å². The van der Waals surface area contributed by atoms with Crippen molar-refractivity contribution in [1.29, 1.82) is 0 Å². The maximum absolute atomic E-state index is 14.6. The highest BCUT2D eigenvalue weighted by atomic mass is 16.3. The lowest BCUT2D eigenvalue weighted by Gasteiger charge is -2.70. The molecular weight excluding hydrogens is 444 g/mol. The Morgan fingerprint density at radius 3 is 2.28 bits per heavy atom. The molecule has 0 aromatic heterocycles. The van der Waals surface area contributed by atoms with Crippen LogP contribution in [-0.2, 0) is 4.79 Å². The molecule has 3 heteroatoms. The van der Waals surface area contributed by atoms with Crippen LogP contribution in [0.15, 0.2) is 0 Å². The lowest BCUT2D eigenvalue weighted by Crippen LogP contribution is -2.69. The van der Waals surface area contributed by atoms with Crippen LogP contribution in [0, 0.1) is 69.5 Å². The minimum Gasteiger partial charge on any atom is -0.393 e. The first kappa shape index (κ1) is 27.2. The van der Waals surface area contributed by atoms with Gasteiger partial charge in [-0.3, -0.25) is 4.79 Å². The average molecular weight is 501 g/mol. The van der Waals surface area contributed by atoms with Crippen LogP contribution in [0.1, 0.15) is 119 Å². The molecule has 0 aromatic carbocycles. The van der Waals surface area contributed by atoms with Gasteiger partial charge in [0, 0.05) is 23.2 Å². The molecule has 5 aliphatic rings. The standard InChI is InChI=1S/C33H56O3/c1-19-16-32(6)18-31(5)17-25-14-13-24(15-23-11-9-8-10-12-23)20(2)27(25)29(35)28(31)21(3)33(32,7)30(36)26(19)22(4)34/h19-28,30,34,36H,8-18H2,1-7H3. The van der Waals surface area contributed by atoms with Crippen LogP contribution in [0.2, 0.25) is 0 Å². The van der Waals surface area contributed by atoms with Gasteiger partial charge in [0.1, 0.15) is 5.78 Å². The zero-order valence-electron chi connectivity index (χ0n) is 24.4. The Labute approximate surface area is 221 Å². The fraction of sp³-hybridized carbons (Fsp3) is 0.970. The Morgan fingerprint density at radius 2 is 1.64 bits per heavy atom. The number of Topliss-reactive ketones (excluding diaryl/α,β-unsaturated/α-hetero) is 1. The van der Waals surface area contributed by atoms with E-state index in [0.29, 0.717) is 23.5 Å². The minimum absolute atomic E-state index is 0.0151. The first-order chi connectivity index (χ1) is 16.8. The number of rotatable bonds is 3. The summed E-state index contributed by atoms with van der Waals surface area (Å²) < 4.78 is 0. The molecule has 3 nitrogen and oxygen atoms in total. The topological polar surface area (TPSA) is 57.5 Å². The summed E-state index contributed by atoms with van der Waals surface area (Å²) in [6, 6.07) is 0. The number of aliphatic hydroxyl groups is 2. The van der Waals surface area contributed by atoms with E-state index in [4.69, 9.17) is 0 Å². The second kappa shape index (κ2) is 9.35. The zero-order valence-corrected chi connectivity index (χ0v) is 24.4. The van der Waals surface area contributed by atoms with E-state index in [9.17, 15) is 15.0 Å². The molecule has 5 aliphatic carbocycles. The Hall–Kier alpha value is -0.410. The van der Waals surface area contributed by atoms with Crippen molar-refractivity contribution in [3.8, 4) is 0 Å². The fourth-order valence-electron chi connectivity index (χ4n) is 12.0. The van der Waals surface area contributed by atoms with Crippen molar-refractivity contribution in [2.24, 2.45) is 69.5 Å². The van der Waals surface area contributed by atoms with Gasteiger partial charge in [-0.05, 0) is 91.8 Å². The third-order valence-electron chi connectivity index (χ3n) is 13.7. The number of ketones is 1. The van der Waals surface area contributed by atoms with E-state index >= 15 is 0 Å². The Morgan fingerprint density at radius 1 is 0.972 bits per heavy atom. The van der Waals surface area contributed by atoms with Gasteiger partial charge in [-0.2, -0.15) is 0 Å². The van der Waals surface area contributed by atoms with Crippen LogP contribution in [0.5, 0.6) is 0 Å². The fourth-order valence-corrected chi connectivity index (χ4v) is 12.0. The zero-order chi connectivity index (χ0) is 26.2. The van der Waals surface area contributed by atoms with Crippen molar-refractivity contribution in [2.75, 3.05) is 0 Å². The van der Waals surface area contributed by atoms with Crippen LogP contribution in [0.25, 0.3) is 0 Å². The quantitative estimate of drug-likeness (QED) is 0.428. The molecule has 5 saturated carbocycles. The van der Waals surface area contributed by atoms with Crippen molar-refractivity contribution in [3.05, 3.63) is 0 Å². The molecule has 0 radical (unpaired) electrons. The molecule has 0 amide bonds. The average Bonchev–Trinajstić information content (AvgIpc) is 2.78. The molecule has 13 atom stereocenters. The summed E-state index contributed by atoms with van der Waals surface area (Å²) in [7, 11) is 0. The van der Waals surface area contributed by atoms with E-state index in [1.807, 2.05) is 6.92 Å². The van der Waals surface area contributed by atoms with Crippen molar-refractivity contribution >= 4 is 5.78 Å². The molecule has 0 heterocycles. The largest absolute Gasteiger partial charge is 0.393 e. The Bertz CT molecular complexity index is 831. The minimum atomic E-state index is -0.570. The first-order valence-electron chi connectivity index (χ1n) is 15.7. The van der Waals surface area contributed by atoms with Crippen LogP contribution in [-0.4, -0.2) is 28.2 Å². The van der Waals surface area contributed by atoms with Gasteiger partial charge in [-0.25, -0.2) is 0 Å². The highest BCUT2D eigenvalue weighted by Crippen LogP contribution is 2.72.